The molecule has 0 aliphatic carbocycles. The molecule has 9 heteroatoms. The van der Waals surface area contributed by atoms with Gasteiger partial charge in [-0.15, -0.1) is 0 Å². The largest absolute Gasteiger partial charge is 0.486 e. The Morgan fingerprint density at radius 3 is 2.41 bits per heavy atom. The number of nitriles is 1. The molecule has 0 aromatic heterocycles. The summed E-state index contributed by atoms with van der Waals surface area (Å²) >= 11 is 0. The lowest BCUT2D eigenvalue weighted by Gasteiger charge is -2.19. The van der Waals surface area contributed by atoms with Crippen molar-refractivity contribution in [1.82, 2.24) is 4.31 Å². The van der Waals surface area contributed by atoms with E-state index in [1.165, 1.54) is 31.3 Å². The van der Waals surface area contributed by atoms with Crippen LogP contribution < -0.4 is 4.74 Å². The monoisotopic (exact) mass is 456 g/mol. The van der Waals surface area contributed by atoms with Gasteiger partial charge >= 0.3 is 0 Å². The Bertz CT molecular complexity index is 1290. The van der Waals surface area contributed by atoms with Gasteiger partial charge in [0.25, 0.3) is 0 Å². The molecule has 3 aromatic carbocycles. The van der Waals surface area contributed by atoms with E-state index in [1.54, 1.807) is 18.2 Å². The second kappa shape index (κ2) is 9.68. The molecule has 0 saturated heterocycles. The van der Waals surface area contributed by atoms with Crippen molar-refractivity contribution in [1.29, 1.82) is 5.26 Å². The molecular weight excluding hydrogens is 438 g/mol. The van der Waals surface area contributed by atoms with E-state index < -0.39 is 21.7 Å². The molecule has 0 unspecified atom stereocenters. The fourth-order valence-electron chi connectivity index (χ4n) is 3.09. The third-order valence-electron chi connectivity index (χ3n) is 4.62. The van der Waals surface area contributed by atoms with Crippen LogP contribution in [0.1, 0.15) is 11.1 Å². The van der Waals surface area contributed by atoms with Crippen molar-refractivity contribution in [2.45, 2.75) is 11.4 Å². The lowest BCUT2D eigenvalue weighted by Crippen LogP contribution is -2.26. The van der Waals surface area contributed by atoms with Gasteiger partial charge in [-0.1, -0.05) is 6.07 Å². The summed E-state index contributed by atoms with van der Waals surface area (Å²) in [5, 5.41) is 9.14. The molecule has 0 fully saturated rings. The minimum atomic E-state index is -3.89. The first-order valence-corrected chi connectivity index (χ1v) is 10.8. The van der Waals surface area contributed by atoms with Gasteiger partial charge in [0, 0.05) is 19.2 Å². The Hall–Kier alpha value is -3.61. The summed E-state index contributed by atoms with van der Waals surface area (Å²) in [4.78, 5) is 10.7. The first-order valence-electron chi connectivity index (χ1n) is 9.37. The highest BCUT2D eigenvalue weighted by molar-refractivity contribution is 7.89. The summed E-state index contributed by atoms with van der Waals surface area (Å²) in [5.41, 5.74) is 1.39. The van der Waals surface area contributed by atoms with Crippen molar-refractivity contribution in [3.8, 4) is 22.9 Å². The highest BCUT2D eigenvalue weighted by atomic mass is 32.2. The summed E-state index contributed by atoms with van der Waals surface area (Å²) < 4.78 is 59.3. The highest BCUT2D eigenvalue weighted by Crippen LogP contribution is 2.33. The van der Waals surface area contributed by atoms with E-state index in [1.807, 2.05) is 6.07 Å². The maximum absolute atomic E-state index is 14.0. The molecule has 0 saturated carbocycles. The topological polar surface area (TPSA) is 87.5 Å². The third kappa shape index (κ3) is 5.17. The quantitative estimate of drug-likeness (QED) is 0.480. The van der Waals surface area contributed by atoms with Crippen molar-refractivity contribution in [2.75, 3.05) is 13.7 Å². The number of halogens is 2. The van der Waals surface area contributed by atoms with Crippen molar-refractivity contribution < 1.29 is 26.7 Å². The maximum Gasteiger partial charge on any atom is 0.243 e. The van der Waals surface area contributed by atoms with Gasteiger partial charge in [-0.05, 0) is 65.7 Å². The zero-order valence-electron chi connectivity index (χ0n) is 17.0. The van der Waals surface area contributed by atoms with Crippen LogP contribution in [0.3, 0.4) is 0 Å². The summed E-state index contributed by atoms with van der Waals surface area (Å²) in [5.74, 6) is -0.893. The number of sulfonamides is 1. The first-order chi connectivity index (χ1) is 15.2. The minimum Gasteiger partial charge on any atom is -0.486 e. The number of carbonyl (C=O) groups excluding carboxylic acids is 1. The number of benzene rings is 3. The van der Waals surface area contributed by atoms with E-state index in [0.29, 0.717) is 23.0 Å². The van der Waals surface area contributed by atoms with Crippen LogP contribution in [0, 0.1) is 23.0 Å². The standard InChI is InChI=1S/C23H18F2N2O4S/c1-27(32(29,30)21-5-3-19(24)4-6-21)15-16-2-7-23(31-9-8-28)22(12-16)18-10-17(14-26)11-20(25)13-18/h2-8,10-13H,9,15H2,1H3. The van der Waals surface area contributed by atoms with Gasteiger partial charge in [-0.2, -0.15) is 9.57 Å². The van der Waals surface area contributed by atoms with E-state index >= 15 is 0 Å². The number of aldehydes is 1. The summed E-state index contributed by atoms with van der Waals surface area (Å²) in [6.07, 6.45) is 0.563. The van der Waals surface area contributed by atoms with Crippen molar-refractivity contribution in [3.63, 3.8) is 0 Å². The predicted octanol–water partition coefficient (Wildman–Crippen LogP) is 3.90. The van der Waals surface area contributed by atoms with E-state index in [0.717, 1.165) is 22.5 Å². The van der Waals surface area contributed by atoms with Gasteiger partial charge in [-0.3, -0.25) is 4.79 Å². The molecule has 32 heavy (non-hydrogen) atoms. The molecular formula is C23H18F2N2O4S. The predicted molar refractivity (Wildman–Crippen MR) is 113 cm³/mol. The molecule has 0 spiro atoms. The molecule has 164 valence electrons. The normalized spacial score (nSPS) is 11.2. The summed E-state index contributed by atoms with van der Waals surface area (Å²) in [6.45, 7) is -0.271. The molecule has 3 rings (SSSR count). The van der Waals surface area contributed by atoms with Crippen molar-refractivity contribution >= 4 is 16.3 Å². The fourth-order valence-corrected chi connectivity index (χ4v) is 4.25. The van der Waals surface area contributed by atoms with Gasteiger partial charge in [-0.25, -0.2) is 17.2 Å². The van der Waals surface area contributed by atoms with E-state index in [2.05, 4.69) is 0 Å². The van der Waals surface area contributed by atoms with Crippen LogP contribution in [0.4, 0.5) is 8.78 Å². The summed E-state index contributed by atoms with van der Waals surface area (Å²) in [6, 6.07) is 14.9. The Balaban J connectivity index is 1.98. The number of hydrogen-bond acceptors (Lipinski definition) is 5. The molecule has 0 aliphatic rings. The number of rotatable bonds is 8. The smallest absolute Gasteiger partial charge is 0.243 e. The molecule has 0 heterocycles. The Kier molecular flexibility index (Phi) is 6.98. The Morgan fingerprint density at radius 1 is 1.03 bits per heavy atom. The number of ether oxygens (including phenoxy) is 1. The van der Waals surface area contributed by atoms with Crippen LogP contribution in [0.2, 0.25) is 0 Å². The van der Waals surface area contributed by atoms with Crippen molar-refractivity contribution in [3.05, 3.63) is 83.4 Å². The third-order valence-corrected chi connectivity index (χ3v) is 6.43. The molecule has 0 amide bonds. The first kappa shape index (κ1) is 23.1. The molecule has 0 bridgehead atoms. The van der Waals surface area contributed by atoms with E-state index in [-0.39, 0.29) is 29.4 Å². The van der Waals surface area contributed by atoms with Crippen LogP contribution in [-0.4, -0.2) is 32.7 Å². The maximum atomic E-state index is 14.0. The SMILES string of the molecule is CN(Cc1ccc(OCC=O)c(-c2cc(F)cc(C#N)c2)c1)S(=O)(=O)c1ccc(F)cc1. The van der Waals surface area contributed by atoms with Gasteiger partial charge in [0.2, 0.25) is 10.0 Å². The van der Waals surface area contributed by atoms with E-state index in [9.17, 15) is 22.0 Å². The van der Waals surface area contributed by atoms with Gasteiger partial charge in [0.1, 0.15) is 24.0 Å². The van der Waals surface area contributed by atoms with Crippen LogP contribution in [0.5, 0.6) is 5.75 Å². The van der Waals surface area contributed by atoms with Gasteiger partial charge < -0.3 is 4.74 Å². The van der Waals surface area contributed by atoms with Gasteiger partial charge in [0.05, 0.1) is 16.5 Å². The van der Waals surface area contributed by atoms with Crippen LogP contribution >= 0.6 is 0 Å². The Morgan fingerprint density at radius 2 is 1.75 bits per heavy atom. The average Bonchev–Trinajstić information content (AvgIpc) is 2.77. The zero-order valence-corrected chi connectivity index (χ0v) is 17.8. The average molecular weight is 456 g/mol. The molecule has 0 atom stereocenters. The zero-order chi connectivity index (χ0) is 23.3. The van der Waals surface area contributed by atoms with Gasteiger partial charge in [0.15, 0.2) is 6.29 Å². The second-order valence-electron chi connectivity index (χ2n) is 6.86. The fraction of sp³-hybridized carbons (Fsp3) is 0.130. The van der Waals surface area contributed by atoms with Crippen LogP contribution in [0.15, 0.2) is 65.6 Å². The molecule has 3 aromatic rings. The number of nitrogens with zero attached hydrogens (tertiary/aromatic N) is 2. The highest BCUT2D eigenvalue weighted by Gasteiger charge is 2.21. The van der Waals surface area contributed by atoms with Crippen molar-refractivity contribution in [2.24, 2.45) is 0 Å². The molecule has 0 N–H and O–H groups in total. The second-order valence-corrected chi connectivity index (χ2v) is 8.91. The van der Waals surface area contributed by atoms with Crippen LogP contribution in [-0.2, 0) is 21.4 Å². The van der Waals surface area contributed by atoms with E-state index in [4.69, 9.17) is 10.00 Å². The Labute approximate surface area is 184 Å². The number of carbonyl (C=O) groups is 1. The molecule has 0 aliphatic heterocycles. The molecule has 0 radical (unpaired) electrons. The number of hydrogen-bond donors (Lipinski definition) is 0. The minimum absolute atomic E-state index is 0.0406. The van der Waals surface area contributed by atoms with Crippen LogP contribution in [0.25, 0.3) is 11.1 Å². The lowest BCUT2D eigenvalue weighted by molar-refractivity contribution is -0.109. The molecule has 6 nitrogen and oxygen atoms in total. The summed E-state index contributed by atoms with van der Waals surface area (Å²) in [7, 11) is -2.51. The lowest BCUT2D eigenvalue weighted by atomic mass is 10.00.